The van der Waals surface area contributed by atoms with Gasteiger partial charge in [0.25, 0.3) is 0 Å². The van der Waals surface area contributed by atoms with E-state index in [1.807, 2.05) is 54.6 Å². The van der Waals surface area contributed by atoms with Crippen molar-refractivity contribution in [2.45, 2.75) is 0 Å². The number of fused-ring (bicyclic) bond motifs is 1. The predicted octanol–water partition coefficient (Wildman–Crippen LogP) is 5.13. The molecule has 0 aliphatic rings. The minimum absolute atomic E-state index is 0.968. The molecule has 3 aromatic rings. The van der Waals surface area contributed by atoms with E-state index in [0.717, 1.165) is 16.8 Å². The van der Waals surface area contributed by atoms with Gasteiger partial charge in [0.1, 0.15) is 0 Å². The van der Waals surface area contributed by atoms with E-state index in [1.165, 1.54) is 5.39 Å². The molecule has 0 N–H and O–H groups in total. The van der Waals surface area contributed by atoms with Crippen molar-refractivity contribution in [2.24, 2.45) is 0 Å². The van der Waals surface area contributed by atoms with E-state index in [1.54, 1.807) is 4.42 Å². The lowest BCUT2D eigenvalue weighted by Crippen LogP contribution is -2.01. The topological polar surface area (TPSA) is 3.24 Å². The summed E-state index contributed by atoms with van der Waals surface area (Å²) in [7, 11) is 0. The van der Waals surface area contributed by atoms with Crippen molar-refractivity contribution in [3.63, 3.8) is 0 Å². The maximum atomic E-state index is 6.44. The Morgan fingerprint density at radius 3 is 2.17 bits per heavy atom. The van der Waals surface area contributed by atoms with Crippen molar-refractivity contribution in [1.29, 1.82) is 0 Å². The Morgan fingerprint density at radius 2 is 1.33 bits per heavy atom. The van der Waals surface area contributed by atoms with Gasteiger partial charge in [0.05, 0.1) is 11.4 Å². The molecule has 0 aliphatic carbocycles. The van der Waals surface area contributed by atoms with Crippen molar-refractivity contribution < 1.29 is 0 Å². The molecule has 88 valence electrons. The minimum Gasteiger partial charge on any atom is -0.253 e. The van der Waals surface area contributed by atoms with Gasteiger partial charge in [-0.15, -0.1) is 0 Å². The van der Waals surface area contributed by atoms with Crippen LogP contribution in [-0.4, -0.2) is 0 Å². The molecule has 0 amide bonds. The smallest absolute Gasteiger partial charge is 0.0659 e. The Hall–Kier alpha value is -1.99. The van der Waals surface area contributed by atoms with Gasteiger partial charge in [-0.3, -0.25) is 4.42 Å². The molecule has 0 saturated heterocycles. The first-order valence-electron chi connectivity index (χ1n) is 5.85. The lowest BCUT2D eigenvalue weighted by atomic mass is 10.1. The second-order valence-corrected chi connectivity index (χ2v) is 4.45. The van der Waals surface area contributed by atoms with Gasteiger partial charge in [-0.25, -0.2) is 0 Å². The fraction of sp³-hybridized carbons (Fsp3) is 0. The Balaban J connectivity index is 2.15. The molecule has 2 heteroatoms. The van der Waals surface area contributed by atoms with Crippen LogP contribution >= 0.6 is 11.8 Å². The molecule has 0 aromatic heterocycles. The van der Waals surface area contributed by atoms with E-state index < -0.39 is 0 Å². The summed E-state index contributed by atoms with van der Waals surface area (Å²) in [6.07, 6.45) is 0. The third-order valence-electron chi connectivity index (χ3n) is 2.96. The van der Waals surface area contributed by atoms with Crippen LogP contribution in [0.4, 0.5) is 11.4 Å². The van der Waals surface area contributed by atoms with Gasteiger partial charge >= 0.3 is 0 Å². The summed E-state index contributed by atoms with van der Waals surface area (Å²) < 4.78 is 1.70. The number of benzene rings is 3. The average Bonchev–Trinajstić information content (AvgIpc) is 2.47. The largest absolute Gasteiger partial charge is 0.253 e. The van der Waals surface area contributed by atoms with Gasteiger partial charge in [-0.2, -0.15) is 0 Å². The molecule has 0 radical (unpaired) electrons. The lowest BCUT2D eigenvalue weighted by molar-refractivity contribution is 1.44. The zero-order chi connectivity index (χ0) is 12.4. The number of hydrogen-bond donors (Lipinski definition) is 0. The van der Waals surface area contributed by atoms with Crippen molar-refractivity contribution in [3.8, 4) is 0 Å². The van der Waals surface area contributed by atoms with Gasteiger partial charge in [0.2, 0.25) is 0 Å². The number of halogens is 1. The van der Waals surface area contributed by atoms with Crippen molar-refractivity contribution in [1.82, 2.24) is 0 Å². The van der Waals surface area contributed by atoms with E-state index in [9.17, 15) is 0 Å². The van der Waals surface area contributed by atoms with Gasteiger partial charge in [-0.1, -0.05) is 54.6 Å². The van der Waals surface area contributed by atoms with Gasteiger partial charge in [0.15, 0.2) is 0 Å². The highest BCUT2D eigenvalue weighted by Crippen LogP contribution is 2.33. The first-order chi connectivity index (χ1) is 8.86. The fourth-order valence-corrected chi connectivity index (χ4v) is 2.34. The van der Waals surface area contributed by atoms with Crippen LogP contribution in [0.3, 0.4) is 0 Å². The number of rotatable bonds is 2. The third-order valence-corrected chi connectivity index (χ3v) is 3.34. The first-order valence-corrected chi connectivity index (χ1v) is 6.19. The number of para-hydroxylation sites is 1. The molecular formula is C16H12ClN. The SMILES string of the molecule is ClN(c1ccccc1)c1cccc2ccccc12. The molecule has 0 saturated carbocycles. The van der Waals surface area contributed by atoms with Gasteiger partial charge in [0, 0.05) is 17.2 Å². The maximum absolute atomic E-state index is 6.44. The quantitative estimate of drug-likeness (QED) is 0.572. The van der Waals surface area contributed by atoms with Crippen molar-refractivity contribution in [3.05, 3.63) is 72.8 Å². The molecule has 0 aliphatic heterocycles. The molecule has 0 spiro atoms. The number of nitrogens with zero attached hydrogens (tertiary/aromatic N) is 1. The number of anilines is 2. The maximum Gasteiger partial charge on any atom is 0.0659 e. The summed E-state index contributed by atoms with van der Waals surface area (Å²) in [6, 6.07) is 24.3. The summed E-state index contributed by atoms with van der Waals surface area (Å²) in [5.74, 6) is 0. The van der Waals surface area contributed by atoms with Crippen molar-refractivity contribution in [2.75, 3.05) is 4.42 Å². The molecule has 0 unspecified atom stereocenters. The van der Waals surface area contributed by atoms with Gasteiger partial charge < -0.3 is 0 Å². The molecule has 0 atom stereocenters. The Kier molecular flexibility index (Phi) is 2.91. The molecule has 0 fully saturated rings. The summed E-state index contributed by atoms with van der Waals surface area (Å²) in [5.41, 5.74) is 1.97. The summed E-state index contributed by atoms with van der Waals surface area (Å²) >= 11 is 6.44. The zero-order valence-electron chi connectivity index (χ0n) is 9.75. The molecule has 1 nitrogen and oxygen atoms in total. The second kappa shape index (κ2) is 4.71. The van der Waals surface area contributed by atoms with E-state index >= 15 is 0 Å². The molecule has 3 aromatic carbocycles. The van der Waals surface area contributed by atoms with Crippen molar-refractivity contribution >= 4 is 33.9 Å². The highest BCUT2D eigenvalue weighted by molar-refractivity contribution is 6.31. The number of hydrogen-bond acceptors (Lipinski definition) is 1. The van der Waals surface area contributed by atoms with Crippen LogP contribution in [0.2, 0.25) is 0 Å². The fourth-order valence-electron chi connectivity index (χ4n) is 2.08. The highest BCUT2D eigenvalue weighted by atomic mass is 35.5. The highest BCUT2D eigenvalue weighted by Gasteiger charge is 2.08. The van der Waals surface area contributed by atoms with Crippen LogP contribution in [0.25, 0.3) is 10.8 Å². The Labute approximate surface area is 111 Å². The molecular weight excluding hydrogens is 242 g/mol. The van der Waals surface area contributed by atoms with Crippen LogP contribution in [0.5, 0.6) is 0 Å². The standard InChI is InChI=1S/C16H12ClN/c17-18(14-9-2-1-3-10-14)16-12-6-8-13-7-4-5-11-15(13)16/h1-12H. The van der Waals surface area contributed by atoms with E-state index in [-0.39, 0.29) is 0 Å². The monoisotopic (exact) mass is 253 g/mol. The lowest BCUT2D eigenvalue weighted by Gasteiger charge is -2.17. The van der Waals surface area contributed by atoms with Crippen LogP contribution < -0.4 is 4.42 Å². The first kappa shape index (κ1) is 11.1. The average molecular weight is 254 g/mol. The van der Waals surface area contributed by atoms with E-state index in [4.69, 9.17) is 11.8 Å². The van der Waals surface area contributed by atoms with Gasteiger partial charge in [-0.05, 0) is 23.6 Å². The summed E-state index contributed by atoms with van der Waals surface area (Å²) in [5, 5.41) is 2.34. The predicted molar refractivity (Wildman–Crippen MR) is 78.4 cm³/mol. The second-order valence-electron chi connectivity index (χ2n) is 4.11. The molecule has 18 heavy (non-hydrogen) atoms. The minimum atomic E-state index is 0.968. The van der Waals surface area contributed by atoms with Crippen LogP contribution in [0, 0.1) is 0 Å². The molecule has 0 bridgehead atoms. The van der Waals surface area contributed by atoms with Crippen LogP contribution in [0.15, 0.2) is 72.8 Å². The van der Waals surface area contributed by atoms with Crippen LogP contribution in [-0.2, 0) is 0 Å². The molecule has 0 heterocycles. The Bertz CT molecular complexity index is 659. The Morgan fingerprint density at radius 1 is 0.667 bits per heavy atom. The summed E-state index contributed by atoms with van der Waals surface area (Å²) in [6.45, 7) is 0. The molecule has 3 rings (SSSR count). The normalized spacial score (nSPS) is 10.5. The third kappa shape index (κ3) is 1.93. The zero-order valence-corrected chi connectivity index (χ0v) is 10.5. The summed E-state index contributed by atoms with van der Waals surface area (Å²) in [4.78, 5) is 0. The van der Waals surface area contributed by atoms with E-state index in [2.05, 4.69) is 18.2 Å². The van der Waals surface area contributed by atoms with E-state index in [0.29, 0.717) is 0 Å². The van der Waals surface area contributed by atoms with Crippen LogP contribution in [0.1, 0.15) is 0 Å².